The van der Waals surface area contributed by atoms with Gasteiger partial charge in [0.05, 0.1) is 6.54 Å². The van der Waals surface area contributed by atoms with Gasteiger partial charge < -0.3 is 10.6 Å². The largest absolute Gasteiger partial charge is 0.325 e. The van der Waals surface area contributed by atoms with Crippen LogP contribution < -0.4 is 10.6 Å². The quantitative estimate of drug-likeness (QED) is 0.803. The first kappa shape index (κ1) is 16.6. The second kappa shape index (κ2) is 8.06. The first-order valence-electron chi connectivity index (χ1n) is 7.12. The fourth-order valence-electron chi connectivity index (χ4n) is 2.18. The maximum atomic E-state index is 13.1. The van der Waals surface area contributed by atoms with Crippen LogP contribution in [0.2, 0.25) is 0 Å². The lowest BCUT2D eigenvalue weighted by molar-refractivity contribution is -0.115. The van der Waals surface area contributed by atoms with E-state index in [2.05, 4.69) is 33.5 Å². The van der Waals surface area contributed by atoms with Gasteiger partial charge in [-0.15, -0.1) is 0 Å². The Labute approximate surface area is 138 Å². The SMILES string of the molecule is CC[C@H](NCC(=O)Nc1cccc(F)c1)c1ccc(Br)cc1. The Morgan fingerprint density at radius 3 is 2.59 bits per heavy atom. The molecule has 1 atom stereocenters. The maximum absolute atomic E-state index is 13.1. The molecular formula is C17H18BrFN2O. The van der Waals surface area contributed by atoms with Crippen molar-refractivity contribution in [2.75, 3.05) is 11.9 Å². The summed E-state index contributed by atoms with van der Waals surface area (Å²) in [4.78, 5) is 11.9. The van der Waals surface area contributed by atoms with E-state index in [0.717, 1.165) is 16.5 Å². The molecule has 0 aliphatic heterocycles. The van der Waals surface area contributed by atoms with Crippen LogP contribution >= 0.6 is 15.9 Å². The van der Waals surface area contributed by atoms with Crippen LogP contribution in [0.1, 0.15) is 24.9 Å². The number of hydrogen-bond acceptors (Lipinski definition) is 2. The second-order valence-electron chi connectivity index (χ2n) is 4.95. The number of halogens is 2. The van der Waals surface area contributed by atoms with Crippen LogP contribution in [0.25, 0.3) is 0 Å². The van der Waals surface area contributed by atoms with Crippen LogP contribution in [-0.2, 0) is 4.79 Å². The van der Waals surface area contributed by atoms with E-state index in [9.17, 15) is 9.18 Å². The molecular weight excluding hydrogens is 347 g/mol. The van der Waals surface area contributed by atoms with Gasteiger partial charge in [-0.2, -0.15) is 0 Å². The van der Waals surface area contributed by atoms with Crippen LogP contribution in [0.4, 0.5) is 10.1 Å². The number of benzene rings is 2. The molecule has 2 rings (SSSR count). The van der Waals surface area contributed by atoms with E-state index in [1.807, 2.05) is 24.3 Å². The minimum absolute atomic E-state index is 0.103. The van der Waals surface area contributed by atoms with E-state index in [1.54, 1.807) is 12.1 Å². The lowest BCUT2D eigenvalue weighted by Gasteiger charge is -2.17. The number of anilines is 1. The Morgan fingerprint density at radius 1 is 1.23 bits per heavy atom. The Balaban J connectivity index is 1.90. The highest BCUT2D eigenvalue weighted by molar-refractivity contribution is 9.10. The zero-order valence-electron chi connectivity index (χ0n) is 12.3. The minimum Gasteiger partial charge on any atom is -0.325 e. The van der Waals surface area contributed by atoms with Crippen molar-refractivity contribution in [2.24, 2.45) is 0 Å². The summed E-state index contributed by atoms with van der Waals surface area (Å²) in [6.07, 6.45) is 0.870. The van der Waals surface area contributed by atoms with Crippen LogP contribution in [0, 0.1) is 5.82 Å². The van der Waals surface area contributed by atoms with Crippen molar-refractivity contribution in [3.63, 3.8) is 0 Å². The molecule has 5 heteroatoms. The second-order valence-corrected chi connectivity index (χ2v) is 5.87. The highest BCUT2D eigenvalue weighted by Crippen LogP contribution is 2.19. The van der Waals surface area contributed by atoms with Crippen LogP contribution in [0.15, 0.2) is 53.0 Å². The number of carbonyl (C=O) groups is 1. The molecule has 1 amide bonds. The van der Waals surface area contributed by atoms with E-state index >= 15 is 0 Å². The molecule has 116 valence electrons. The van der Waals surface area contributed by atoms with Crippen LogP contribution in [0.5, 0.6) is 0 Å². The highest BCUT2D eigenvalue weighted by Gasteiger charge is 2.11. The third kappa shape index (κ3) is 4.93. The van der Waals surface area contributed by atoms with Crippen molar-refractivity contribution in [2.45, 2.75) is 19.4 Å². The summed E-state index contributed by atoms with van der Waals surface area (Å²) >= 11 is 3.41. The average molecular weight is 365 g/mol. The van der Waals surface area contributed by atoms with E-state index in [4.69, 9.17) is 0 Å². The van der Waals surface area contributed by atoms with E-state index in [0.29, 0.717) is 5.69 Å². The van der Waals surface area contributed by atoms with E-state index in [1.165, 1.54) is 12.1 Å². The van der Waals surface area contributed by atoms with Gasteiger partial charge in [-0.05, 0) is 42.3 Å². The molecule has 0 aromatic heterocycles. The van der Waals surface area contributed by atoms with Gasteiger partial charge in [0.2, 0.25) is 5.91 Å². The van der Waals surface area contributed by atoms with Crippen molar-refractivity contribution in [1.82, 2.24) is 5.32 Å². The van der Waals surface area contributed by atoms with Crippen molar-refractivity contribution in [3.8, 4) is 0 Å². The van der Waals surface area contributed by atoms with Crippen molar-refractivity contribution in [3.05, 3.63) is 64.4 Å². The Bertz CT molecular complexity index is 631. The molecule has 0 radical (unpaired) electrons. The number of rotatable bonds is 6. The van der Waals surface area contributed by atoms with Crippen molar-refractivity contribution >= 4 is 27.5 Å². The van der Waals surface area contributed by atoms with Gasteiger partial charge in [0.25, 0.3) is 0 Å². The lowest BCUT2D eigenvalue weighted by atomic mass is 10.0. The first-order valence-corrected chi connectivity index (χ1v) is 7.92. The molecule has 2 aromatic rings. The molecule has 2 aromatic carbocycles. The third-order valence-corrected chi connectivity index (χ3v) is 3.83. The molecule has 0 saturated heterocycles. The zero-order chi connectivity index (χ0) is 15.9. The van der Waals surface area contributed by atoms with Gasteiger partial charge in [-0.25, -0.2) is 4.39 Å². The normalized spacial score (nSPS) is 12.0. The standard InChI is InChI=1S/C17H18BrFN2O/c1-2-16(12-6-8-13(18)9-7-12)20-11-17(22)21-15-5-3-4-14(19)10-15/h3-10,16,20H,2,11H2,1H3,(H,21,22)/t16-/m0/s1. The minimum atomic E-state index is -0.368. The van der Waals surface area contributed by atoms with Gasteiger partial charge in [0.15, 0.2) is 0 Å². The number of carbonyl (C=O) groups excluding carboxylic acids is 1. The molecule has 0 saturated carbocycles. The van der Waals surface area contributed by atoms with E-state index in [-0.39, 0.29) is 24.3 Å². The monoisotopic (exact) mass is 364 g/mol. The molecule has 0 spiro atoms. The lowest BCUT2D eigenvalue weighted by Crippen LogP contribution is -2.31. The smallest absolute Gasteiger partial charge is 0.238 e. The summed E-state index contributed by atoms with van der Waals surface area (Å²) in [5, 5.41) is 5.89. The molecule has 0 aliphatic carbocycles. The topological polar surface area (TPSA) is 41.1 Å². The molecule has 0 unspecified atom stereocenters. The molecule has 22 heavy (non-hydrogen) atoms. The van der Waals surface area contributed by atoms with Gasteiger partial charge in [-0.3, -0.25) is 4.79 Å². The molecule has 3 nitrogen and oxygen atoms in total. The summed E-state index contributed by atoms with van der Waals surface area (Å²) in [5.41, 5.74) is 1.59. The molecule has 0 bridgehead atoms. The Morgan fingerprint density at radius 2 is 1.95 bits per heavy atom. The summed E-state index contributed by atoms with van der Waals surface area (Å²) in [6, 6.07) is 14.0. The van der Waals surface area contributed by atoms with Crippen molar-refractivity contribution < 1.29 is 9.18 Å². The summed E-state index contributed by atoms with van der Waals surface area (Å²) < 4.78 is 14.1. The molecule has 0 fully saturated rings. The summed E-state index contributed by atoms with van der Waals surface area (Å²) in [6.45, 7) is 2.23. The predicted molar refractivity (Wildman–Crippen MR) is 90.2 cm³/mol. The number of hydrogen-bond donors (Lipinski definition) is 2. The zero-order valence-corrected chi connectivity index (χ0v) is 13.9. The predicted octanol–water partition coefficient (Wildman–Crippen LogP) is 4.27. The molecule has 0 heterocycles. The third-order valence-electron chi connectivity index (χ3n) is 3.30. The number of amides is 1. The van der Waals surface area contributed by atoms with Crippen LogP contribution in [-0.4, -0.2) is 12.5 Å². The van der Waals surface area contributed by atoms with Gasteiger partial charge in [0.1, 0.15) is 5.82 Å². The van der Waals surface area contributed by atoms with Crippen LogP contribution in [0.3, 0.4) is 0 Å². The Kier molecular flexibility index (Phi) is 6.10. The Hall–Kier alpha value is -1.72. The average Bonchev–Trinajstić information content (AvgIpc) is 2.49. The van der Waals surface area contributed by atoms with Gasteiger partial charge in [-0.1, -0.05) is 41.1 Å². The first-order chi connectivity index (χ1) is 10.6. The summed E-state index contributed by atoms with van der Waals surface area (Å²) in [5.74, 6) is -0.562. The summed E-state index contributed by atoms with van der Waals surface area (Å²) in [7, 11) is 0. The number of nitrogens with one attached hydrogen (secondary N) is 2. The molecule has 2 N–H and O–H groups in total. The highest BCUT2D eigenvalue weighted by atomic mass is 79.9. The van der Waals surface area contributed by atoms with Crippen molar-refractivity contribution in [1.29, 1.82) is 0 Å². The molecule has 0 aliphatic rings. The van der Waals surface area contributed by atoms with Gasteiger partial charge in [0, 0.05) is 16.2 Å². The van der Waals surface area contributed by atoms with E-state index < -0.39 is 0 Å². The fourth-order valence-corrected chi connectivity index (χ4v) is 2.44. The van der Waals surface area contributed by atoms with Gasteiger partial charge >= 0.3 is 0 Å². The fraction of sp³-hybridized carbons (Fsp3) is 0.235. The maximum Gasteiger partial charge on any atom is 0.238 e.